The highest BCUT2D eigenvalue weighted by molar-refractivity contribution is 7.92. The summed E-state index contributed by atoms with van der Waals surface area (Å²) in [5.41, 5.74) is 1.77. The van der Waals surface area contributed by atoms with Gasteiger partial charge in [0.25, 0.3) is 10.0 Å². The van der Waals surface area contributed by atoms with Gasteiger partial charge in [-0.1, -0.05) is 0 Å². The standard InChI is InChI=1S/C15H15N3O4S/c1-22-12-7-11(8-16-9-12)18-23(20,21)13-3-4-14-10(6-13)2-5-15(19)17-14/h3-4,6-9,18H,2,5H2,1H3,(H,17,19). The Morgan fingerprint density at radius 1 is 1.22 bits per heavy atom. The molecule has 3 rings (SSSR count). The summed E-state index contributed by atoms with van der Waals surface area (Å²) in [6.45, 7) is 0. The van der Waals surface area contributed by atoms with Crippen molar-refractivity contribution in [2.45, 2.75) is 17.7 Å². The number of rotatable bonds is 4. The maximum absolute atomic E-state index is 12.5. The lowest BCUT2D eigenvalue weighted by atomic mass is 10.0. The average molecular weight is 333 g/mol. The van der Waals surface area contributed by atoms with E-state index in [-0.39, 0.29) is 10.8 Å². The van der Waals surface area contributed by atoms with Crippen LogP contribution >= 0.6 is 0 Å². The molecule has 1 aliphatic heterocycles. The van der Waals surface area contributed by atoms with Gasteiger partial charge in [0.1, 0.15) is 5.75 Å². The van der Waals surface area contributed by atoms with E-state index < -0.39 is 10.0 Å². The van der Waals surface area contributed by atoms with Crippen LogP contribution in [0.1, 0.15) is 12.0 Å². The molecule has 7 nitrogen and oxygen atoms in total. The predicted molar refractivity (Wildman–Crippen MR) is 85.0 cm³/mol. The van der Waals surface area contributed by atoms with Crippen molar-refractivity contribution < 1.29 is 17.9 Å². The van der Waals surface area contributed by atoms with Gasteiger partial charge in [0.2, 0.25) is 5.91 Å². The summed E-state index contributed by atoms with van der Waals surface area (Å²) < 4.78 is 32.5. The van der Waals surface area contributed by atoms with Crippen LogP contribution in [-0.2, 0) is 21.2 Å². The molecule has 0 unspecified atom stereocenters. The second-order valence-corrected chi connectivity index (χ2v) is 6.77. The van der Waals surface area contributed by atoms with E-state index in [9.17, 15) is 13.2 Å². The number of carbonyl (C=O) groups excluding carboxylic acids is 1. The number of amides is 1. The molecule has 0 radical (unpaired) electrons. The van der Waals surface area contributed by atoms with Crippen molar-refractivity contribution in [3.63, 3.8) is 0 Å². The summed E-state index contributed by atoms with van der Waals surface area (Å²) >= 11 is 0. The summed E-state index contributed by atoms with van der Waals surface area (Å²) in [7, 11) is -2.26. The SMILES string of the molecule is COc1cncc(NS(=O)(=O)c2ccc3c(c2)CCC(=O)N3)c1. The van der Waals surface area contributed by atoms with Crippen LogP contribution in [0.4, 0.5) is 11.4 Å². The van der Waals surface area contributed by atoms with Gasteiger partial charge in [-0.15, -0.1) is 0 Å². The van der Waals surface area contributed by atoms with Crippen molar-refractivity contribution in [1.82, 2.24) is 4.98 Å². The monoisotopic (exact) mass is 333 g/mol. The molecule has 1 aliphatic rings. The van der Waals surface area contributed by atoms with Crippen molar-refractivity contribution in [3.8, 4) is 5.75 Å². The molecule has 23 heavy (non-hydrogen) atoms. The number of aromatic nitrogens is 1. The Hall–Kier alpha value is -2.61. The number of sulfonamides is 1. The summed E-state index contributed by atoms with van der Waals surface area (Å²) in [6.07, 6.45) is 3.76. The number of ether oxygens (including phenoxy) is 1. The van der Waals surface area contributed by atoms with Gasteiger partial charge in [-0.25, -0.2) is 8.42 Å². The van der Waals surface area contributed by atoms with Crippen LogP contribution in [-0.4, -0.2) is 26.4 Å². The van der Waals surface area contributed by atoms with Gasteiger partial charge in [-0.3, -0.25) is 14.5 Å². The number of carbonyl (C=O) groups is 1. The number of pyridine rings is 1. The van der Waals surface area contributed by atoms with Gasteiger partial charge in [0.05, 0.1) is 30.1 Å². The third kappa shape index (κ3) is 3.26. The molecular formula is C15H15N3O4S. The Bertz CT molecular complexity index is 865. The van der Waals surface area contributed by atoms with Gasteiger partial charge < -0.3 is 10.1 Å². The number of nitrogens with one attached hydrogen (secondary N) is 2. The molecular weight excluding hydrogens is 318 g/mol. The minimum Gasteiger partial charge on any atom is -0.495 e. The fourth-order valence-electron chi connectivity index (χ4n) is 2.33. The summed E-state index contributed by atoms with van der Waals surface area (Å²) in [5, 5.41) is 2.72. The normalized spacial score (nSPS) is 13.9. The molecule has 0 bridgehead atoms. The molecule has 120 valence electrons. The third-order valence-corrected chi connectivity index (χ3v) is 4.86. The van der Waals surface area contributed by atoms with E-state index in [0.29, 0.717) is 30.0 Å². The number of hydrogen-bond acceptors (Lipinski definition) is 5. The molecule has 2 aromatic rings. The smallest absolute Gasteiger partial charge is 0.261 e. The maximum Gasteiger partial charge on any atom is 0.261 e. The van der Waals surface area contributed by atoms with E-state index in [1.165, 1.54) is 25.6 Å². The maximum atomic E-state index is 12.5. The molecule has 1 aromatic carbocycles. The zero-order chi connectivity index (χ0) is 16.4. The molecule has 0 saturated carbocycles. The zero-order valence-corrected chi connectivity index (χ0v) is 13.2. The first kappa shape index (κ1) is 15.3. The highest BCUT2D eigenvalue weighted by Crippen LogP contribution is 2.26. The van der Waals surface area contributed by atoms with Gasteiger partial charge in [0, 0.05) is 18.2 Å². The molecule has 2 heterocycles. The Kier molecular flexibility index (Phi) is 3.91. The molecule has 1 amide bonds. The van der Waals surface area contributed by atoms with Crippen molar-refractivity contribution in [3.05, 3.63) is 42.2 Å². The first-order valence-corrected chi connectivity index (χ1v) is 8.41. The summed E-state index contributed by atoms with van der Waals surface area (Å²) in [6, 6.07) is 6.18. The first-order chi connectivity index (χ1) is 11.0. The van der Waals surface area contributed by atoms with Crippen LogP contribution in [0.3, 0.4) is 0 Å². The van der Waals surface area contributed by atoms with E-state index in [1.807, 2.05) is 0 Å². The van der Waals surface area contributed by atoms with E-state index in [0.717, 1.165) is 5.56 Å². The van der Waals surface area contributed by atoms with Crippen molar-refractivity contribution in [1.29, 1.82) is 0 Å². The number of benzene rings is 1. The van der Waals surface area contributed by atoms with Crippen LogP contribution in [0.15, 0.2) is 41.6 Å². The Balaban J connectivity index is 1.89. The topological polar surface area (TPSA) is 97.4 Å². The molecule has 0 fully saturated rings. The molecule has 0 saturated heterocycles. The van der Waals surface area contributed by atoms with E-state index in [1.54, 1.807) is 18.2 Å². The average Bonchev–Trinajstić information content (AvgIpc) is 2.54. The number of methoxy groups -OCH3 is 1. The van der Waals surface area contributed by atoms with Gasteiger partial charge in [-0.05, 0) is 30.2 Å². The lowest BCUT2D eigenvalue weighted by Crippen LogP contribution is -2.20. The highest BCUT2D eigenvalue weighted by atomic mass is 32.2. The zero-order valence-electron chi connectivity index (χ0n) is 12.4. The van der Waals surface area contributed by atoms with E-state index in [4.69, 9.17) is 4.74 Å². The Morgan fingerprint density at radius 2 is 2.04 bits per heavy atom. The van der Waals surface area contributed by atoms with Gasteiger partial charge >= 0.3 is 0 Å². The van der Waals surface area contributed by atoms with Crippen molar-refractivity contribution in [2.24, 2.45) is 0 Å². The fraction of sp³-hybridized carbons (Fsp3) is 0.200. The molecule has 0 aliphatic carbocycles. The summed E-state index contributed by atoms with van der Waals surface area (Å²) in [4.78, 5) is 15.4. The van der Waals surface area contributed by atoms with Crippen molar-refractivity contribution >= 4 is 27.3 Å². The van der Waals surface area contributed by atoms with Gasteiger partial charge in [-0.2, -0.15) is 0 Å². The van der Waals surface area contributed by atoms with E-state index >= 15 is 0 Å². The largest absolute Gasteiger partial charge is 0.495 e. The number of aryl methyl sites for hydroxylation is 1. The molecule has 8 heteroatoms. The second-order valence-electron chi connectivity index (χ2n) is 5.09. The number of nitrogens with zero attached hydrogens (tertiary/aromatic N) is 1. The lowest BCUT2D eigenvalue weighted by molar-refractivity contribution is -0.116. The third-order valence-electron chi connectivity index (χ3n) is 3.48. The second kappa shape index (κ2) is 5.88. The lowest BCUT2D eigenvalue weighted by Gasteiger charge is -2.17. The van der Waals surface area contributed by atoms with Crippen LogP contribution in [0.2, 0.25) is 0 Å². The predicted octanol–water partition coefficient (Wildman–Crippen LogP) is 1.78. The van der Waals surface area contributed by atoms with Crippen LogP contribution in [0.5, 0.6) is 5.75 Å². The minimum atomic E-state index is -3.74. The van der Waals surface area contributed by atoms with Crippen LogP contribution < -0.4 is 14.8 Å². The molecule has 2 N–H and O–H groups in total. The number of anilines is 2. The van der Waals surface area contributed by atoms with Crippen molar-refractivity contribution in [2.75, 3.05) is 17.1 Å². The minimum absolute atomic E-state index is 0.0614. The highest BCUT2D eigenvalue weighted by Gasteiger charge is 2.20. The quantitative estimate of drug-likeness (QED) is 0.889. The Labute approximate surface area is 133 Å². The summed E-state index contributed by atoms with van der Waals surface area (Å²) in [5.74, 6) is 0.395. The molecule has 0 spiro atoms. The molecule has 0 atom stereocenters. The Morgan fingerprint density at radius 3 is 2.83 bits per heavy atom. The van der Waals surface area contributed by atoms with E-state index in [2.05, 4.69) is 15.0 Å². The fourth-order valence-corrected chi connectivity index (χ4v) is 3.41. The van der Waals surface area contributed by atoms with Crippen LogP contribution in [0, 0.1) is 0 Å². The molecule has 1 aromatic heterocycles. The van der Waals surface area contributed by atoms with Crippen LogP contribution in [0.25, 0.3) is 0 Å². The number of fused-ring (bicyclic) bond motifs is 1. The first-order valence-electron chi connectivity index (χ1n) is 6.92. The van der Waals surface area contributed by atoms with Gasteiger partial charge in [0.15, 0.2) is 0 Å². The number of hydrogen-bond donors (Lipinski definition) is 2.